The molecule has 1 saturated heterocycles. The van der Waals surface area contributed by atoms with Crippen LogP contribution in [0.15, 0.2) is 42.5 Å². The van der Waals surface area contributed by atoms with Gasteiger partial charge in [-0.15, -0.1) is 0 Å². The third kappa shape index (κ3) is 2.98. The van der Waals surface area contributed by atoms with Crippen LogP contribution in [0.4, 0.5) is 14.5 Å². The molecule has 1 amide bonds. The molecule has 2 heterocycles. The molecule has 0 aliphatic carbocycles. The number of nitrogens with zero attached hydrogens (tertiary/aromatic N) is 1. The molecule has 1 fully saturated rings. The van der Waals surface area contributed by atoms with E-state index in [1.54, 1.807) is 17.0 Å². The van der Waals surface area contributed by atoms with Crippen LogP contribution in [0.25, 0.3) is 0 Å². The summed E-state index contributed by atoms with van der Waals surface area (Å²) in [5.74, 6) is -1.97. The summed E-state index contributed by atoms with van der Waals surface area (Å²) in [7, 11) is 0. The molecule has 0 aromatic heterocycles. The number of halogens is 2. The summed E-state index contributed by atoms with van der Waals surface area (Å²) >= 11 is 0. The van der Waals surface area contributed by atoms with Crippen molar-refractivity contribution in [2.75, 3.05) is 18.5 Å². The van der Waals surface area contributed by atoms with Crippen molar-refractivity contribution in [3.05, 3.63) is 65.2 Å². The van der Waals surface area contributed by atoms with E-state index in [0.717, 1.165) is 25.0 Å². The van der Waals surface area contributed by atoms with Crippen molar-refractivity contribution in [2.45, 2.75) is 25.1 Å². The van der Waals surface area contributed by atoms with Gasteiger partial charge >= 0.3 is 0 Å². The lowest BCUT2D eigenvalue weighted by Crippen LogP contribution is -2.46. The van der Waals surface area contributed by atoms with E-state index in [4.69, 9.17) is 4.74 Å². The van der Waals surface area contributed by atoms with Crippen LogP contribution in [0.1, 0.15) is 34.9 Å². The molecule has 2 aliphatic rings. The van der Waals surface area contributed by atoms with Gasteiger partial charge in [0.15, 0.2) is 11.6 Å². The van der Waals surface area contributed by atoms with Crippen LogP contribution in [-0.2, 0) is 4.74 Å². The Hall–Kier alpha value is -2.47. The summed E-state index contributed by atoms with van der Waals surface area (Å²) in [4.78, 5) is 14.6. The van der Waals surface area contributed by atoms with Gasteiger partial charge in [-0.05, 0) is 42.7 Å². The standard InChI is InChI=1S/C19H18F2N2O2/c20-15-8-7-12(10-16(15)21)18-22-17-6-2-1-5-14(17)19(24)23(18)11-13-4-3-9-25-13/h1-2,5-8,10,13,18,22H,3-4,9,11H2/t13-,18-/m1/s1. The van der Waals surface area contributed by atoms with Gasteiger partial charge in [0.1, 0.15) is 6.17 Å². The van der Waals surface area contributed by atoms with Crippen LogP contribution in [0.3, 0.4) is 0 Å². The predicted octanol–water partition coefficient (Wildman–Crippen LogP) is 3.71. The average Bonchev–Trinajstić information content (AvgIpc) is 3.13. The second-order valence-corrected chi connectivity index (χ2v) is 6.36. The maximum absolute atomic E-state index is 13.7. The smallest absolute Gasteiger partial charge is 0.257 e. The molecule has 4 rings (SSSR count). The van der Waals surface area contributed by atoms with Gasteiger partial charge in [0.05, 0.1) is 11.7 Å². The van der Waals surface area contributed by atoms with E-state index in [9.17, 15) is 13.6 Å². The Morgan fingerprint density at radius 3 is 2.76 bits per heavy atom. The molecule has 2 aromatic carbocycles. The molecule has 2 aliphatic heterocycles. The van der Waals surface area contributed by atoms with Crippen LogP contribution in [-0.4, -0.2) is 30.1 Å². The van der Waals surface area contributed by atoms with Crippen molar-refractivity contribution in [1.29, 1.82) is 0 Å². The molecule has 1 N–H and O–H groups in total. The molecule has 0 unspecified atom stereocenters. The molecule has 2 atom stereocenters. The first-order chi connectivity index (χ1) is 12.1. The number of para-hydroxylation sites is 1. The Kier molecular flexibility index (Phi) is 4.13. The summed E-state index contributed by atoms with van der Waals surface area (Å²) in [5, 5.41) is 3.27. The number of hydrogen-bond donors (Lipinski definition) is 1. The Balaban J connectivity index is 1.72. The minimum atomic E-state index is -0.928. The highest BCUT2D eigenvalue weighted by Crippen LogP contribution is 2.34. The summed E-state index contributed by atoms with van der Waals surface area (Å²) in [6, 6.07) is 10.9. The minimum Gasteiger partial charge on any atom is -0.376 e. The Labute approximate surface area is 144 Å². The molecule has 130 valence electrons. The lowest BCUT2D eigenvalue weighted by Gasteiger charge is -2.39. The third-order valence-corrected chi connectivity index (χ3v) is 4.71. The first-order valence-electron chi connectivity index (χ1n) is 8.36. The van der Waals surface area contributed by atoms with Gasteiger partial charge in [-0.3, -0.25) is 4.79 Å². The molecule has 0 saturated carbocycles. The largest absolute Gasteiger partial charge is 0.376 e. The van der Waals surface area contributed by atoms with Gasteiger partial charge in [0.25, 0.3) is 5.91 Å². The van der Waals surface area contributed by atoms with Gasteiger partial charge in [0.2, 0.25) is 0 Å². The van der Waals surface area contributed by atoms with Crippen LogP contribution >= 0.6 is 0 Å². The zero-order valence-corrected chi connectivity index (χ0v) is 13.5. The lowest BCUT2D eigenvalue weighted by atomic mass is 10.0. The molecule has 4 nitrogen and oxygen atoms in total. The fraction of sp³-hybridized carbons (Fsp3) is 0.316. The molecule has 2 aromatic rings. The number of fused-ring (bicyclic) bond motifs is 1. The number of anilines is 1. The van der Waals surface area contributed by atoms with Crippen molar-refractivity contribution in [1.82, 2.24) is 4.90 Å². The number of rotatable bonds is 3. The average molecular weight is 344 g/mol. The van der Waals surface area contributed by atoms with Gasteiger partial charge in [-0.2, -0.15) is 0 Å². The number of carbonyl (C=O) groups is 1. The normalized spacial score (nSPS) is 22.6. The van der Waals surface area contributed by atoms with Gasteiger partial charge in [-0.1, -0.05) is 18.2 Å². The molecule has 0 radical (unpaired) electrons. The highest BCUT2D eigenvalue weighted by molar-refractivity contribution is 6.01. The Morgan fingerprint density at radius 2 is 2.00 bits per heavy atom. The molecular formula is C19H18F2N2O2. The molecular weight excluding hydrogens is 326 g/mol. The summed E-state index contributed by atoms with van der Waals surface area (Å²) in [6.45, 7) is 1.09. The van der Waals surface area contributed by atoms with E-state index >= 15 is 0 Å². The molecule has 0 bridgehead atoms. The lowest BCUT2D eigenvalue weighted by molar-refractivity contribution is 0.0426. The first-order valence-corrected chi connectivity index (χ1v) is 8.36. The van der Waals surface area contributed by atoms with E-state index in [1.807, 2.05) is 12.1 Å². The number of nitrogens with one attached hydrogen (secondary N) is 1. The quantitative estimate of drug-likeness (QED) is 0.923. The van der Waals surface area contributed by atoms with Crippen LogP contribution < -0.4 is 5.32 Å². The maximum atomic E-state index is 13.7. The van der Waals surface area contributed by atoms with E-state index in [2.05, 4.69) is 5.32 Å². The first kappa shape index (κ1) is 16.0. The Morgan fingerprint density at radius 1 is 1.16 bits per heavy atom. The number of hydrogen-bond acceptors (Lipinski definition) is 3. The van der Waals surface area contributed by atoms with Crippen molar-refractivity contribution in [2.24, 2.45) is 0 Å². The van der Waals surface area contributed by atoms with Crippen LogP contribution in [0.2, 0.25) is 0 Å². The van der Waals surface area contributed by atoms with Crippen molar-refractivity contribution in [3.63, 3.8) is 0 Å². The fourth-order valence-electron chi connectivity index (χ4n) is 3.43. The van der Waals surface area contributed by atoms with E-state index in [0.29, 0.717) is 30.0 Å². The highest BCUT2D eigenvalue weighted by Gasteiger charge is 2.35. The van der Waals surface area contributed by atoms with Crippen LogP contribution in [0, 0.1) is 11.6 Å². The second kappa shape index (κ2) is 6.44. The summed E-state index contributed by atoms with van der Waals surface area (Å²) in [5.41, 5.74) is 1.75. The van der Waals surface area contributed by atoms with Gasteiger partial charge in [0, 0.05) is 18.8 Å². The minimum absolute atomic E-state index is 0.0381. The summed E-state index contributed by atoms with van der Waals surface area (Å²) < 4.78 is 32.7. The summed E-state index contributed by atoms with van der Waals surface area (Å²) in [6.07, 6.45) is 1.24. The van der Waals surface area contributed by atoms with E-state index < -0.39 is 17.8 Å². The topological polar surface area (TPSA) is 41.6 Å². The SMILES string of the molecule is O=C1c2ccccc2N[C@@H](c2ccc(F)c(F)c2)N1C[C@H]1CCCO1. The molecule has 25 heavy (non-hydrogen) atoms. The highest BCUT2D eigenvalue weighted by atomic mass is 19.2. The van der Waals surface area contributed by atoms with Crippen molar-refractivity contribution >= 4 is 11.6 Å². The number of ether oxygens (including phenoxy) is 1. The predicted molar refractivity (Wildman–Crippen MR) is 89.2 cm³/mol. The van der Waals surface area contributed by atoms with Crippen LogP contribution in [0.5, 0.6) is 0 Å². The van der Waals surface area contributed by atoms with Crippen molar-refractivity contribution < 1.29 is 18.3 Å². The number of carbonyl (C=O) groups excluding carboxylic acids is 1. The van der Waals surface area contributed by atoms with Crippen molar-refractivity contribution in [3.8, 4) is 0 Å². The fourth-order valence-corrected chi connectivity index (χ4v) is 3.43. The zero-order chi connectivity index (χ0) is 17.4. The van der Waals surface area contributed by atoms with E-state index in [1.165, 1.54) is 6.07 Å². The third-order valence-electron chi connectivity index (χ3n) is 4.71. The monoisotopic (exact) mass is 344 g/mol. The zero-order valence-electron chi connectivity index (χ0n) is 13.5. The maximum Gasteiger partial charge on any atom is 0.257 e. The second-order valence-electron chi connectivity index (χ2n) is 6.36. The van der Waals surface area contributed by atoms with Gasteiger partial charge in [-0.25, -0.2) is 8.78 Å². The number of amides is 1. The van der Waals surface area contributed by atoms with E-state index in [-0.39, 0.29) is 12.0 Å². The Bertz CT molecular complexity index is 806. The molecule has 6 heteroatoms. The number of benzene rings is 2. The molecule has 0 spiro atoms. The van der Waals surface area contributed by atoms with Gasteiger partial charge < -0.3 is 15.0 Å².